The molecule has 0 bridgehead atoms. The van der Waals surface area contributed by atoms with Crippen LogP contribution in [0.25, 0.3) is 0 Å². The van der Waals surface area contributed by atoms with E-state index in [-0.39, 0.29) is 16.8 Å². The van der Waals surface area contributed by atoms with Crippen molar-refractivity contribution in [3.05, 3.63) is 77.4 Å². The van der Waals surface area contributed by atoms with Gasteiger partial charge in [-0.05, 0) is 76.8 Å². The molecule has 0 spiro atoms. The third kappa shape index (κ3) is 5.77. The molecule has 2 aromatic carbocycles. The summed E-state index contributed by atoms with van der Waals surface area (Å²) < 4.78 is 5.59. The number of rotatable bonds is 7. The first-order valence-electron chi connectivity index (χ1n) is 11.2. The van der Waals surface area contributed by atoms with Crippen LogP contribution in [-0.4, -0.2) is 24.2 Å². The quantitative estimate of drug-likeness (QED) is 0.312. The number of hydrogen-bond donors (Lipinski definition) is 2. The molecule has 0 fully saturated rings. The smallest absolute Gasteiger partial charge is 0.338 e. The van der Waals surface area contributed by atoms with Crippen LogP contribution in [0.15, 0.2) is 55.1 Å². The van der Waals surface area contributed by atoms with Crippen molar-refractivity contribution in [3.8, 4) is 0 Å². The minimum atomic E-state index is -0.260. The minimum absolute atomic E-state index is 0.0699. The van der Waals surface area contributed by atoms with Crippen molar-refractivity contribution in [3.63, 3.8) is 0 Å². The highest BCUT2D eigenvalue weighted by molar-refractivity contribution is 7.80. The number of thiocarbonyl (C=S) groups is 1. The van der Waals surface area contributed by atoms with Crippen LogP contribution < -0.4 is 10.6 Å². The van der Waals surface area contributed by atoms with Gasteiger partial charge in [0.15, 0.2) is 5.11 Å². The van der Waals surface area contributed by atoms with Gasteiger partial charge in [0.2, 0.25) is 0 Å². The van der Waals surface area contributed by atoms with E-state index in [0.29, 0.717) is 30.2 Å². The van der Waals surface area contributed by atoms with Gasteiger partial charge in [0, 0.05) is 18.7 Å². The fraction of sp³-hybridized carbons (Fsp3) is 0.407. The average molecular weight is 451 g/mol. The van der Waals surface area contributed by atoms with Crippen LogP contribution in [0.1, 0.15) is 67.6 Å². The summed E-state index contributed by atoms with van der Waals surface area (Å²) in [7, 11) is 0. The number of esters is 1. The number of fused-ring (bicyclic) bond motifs is 1. The third-order valence-electron chi connectivity index (χ3n) is 6.33. The van der Waals surface area contributed by atoms with Gasteiger partial charge in [-0.2, -0.15) is 0 Å². The largest absolute Gasteiger partial charge is 0.462 e. The molecule has 2 aromatic rings. The summed E-state index contributed by atoms with van der Waals surface area (Å²) >= 11 is 5.22. The van der Waals surface area contributed by atoms with Crippen LogP contribution in [0.4, 0.5) is 5.69 Å². The highest BCUT2D eigenvalue weighted by Crippen LogP contribution is 2.45. The topological polar surface area (TPSA) is 50.4 Å². The highest BCUT2D eigenvalue weighted by Gasteiger charge is 2.37. The third-order valence-corrected chi connectivity index (χ3v) is 6.58. The van der Waals surface area contributed by atoms with Gasteiger partial charge in [-0.15, -0.1) is 6.58 Å². The molecule has 0 atom stereocenters. The number of hydrogen-bond acceptors (Lipinski definition) is 3. The van der Waals surface area contributed by atoms with Crippen molar-refractivity contribution in [1.82, 2.24) is 5.32 Å². The predicted molar refractivity (Wildman–Crippen MR) is 137 cm³/mol. The molecule has 5 heteroatoms. The summed E-state index contributed by atoms with van der Waals surface area (Å²) in [4.78, 5) is 12.7. The number of anilines is 1. The lowest BCUT2D eigenvalue weighted by atomic mass is 9.63. The number of nitrogens with one attached hydrogen (secondary N) is 2. The molecule has 0 aromatic heterocycles. The molecular weight excluding hydrogens is 416 g/mol. The molecule has 3 rings (SSSR count). The van der Waals surface area contributed by atoms with Crippen molar-refractivity contribution in [2.75, 3.05) is 18.5 Å². The Bertz CT molecular complexity index is 993. The molecule has 1 aliphatic rings. The van der Waals surface area contributed by atoms with E-state index < -0.39 is 0 Å². The lowest BCUT2D eigenvalue weighted by molar-refractivity contribution is 0.0509. The molecule has 0 saturated carbocycles. The highest BCUT2D eigenvalue weighted by atomic mass is 32.1. The van der Waals surface area contributed by atoms with Gasteiger partial charge >= 0.3 is 5.97 Å². The van der Waals surface area contributed by atoms with Gasteiger partial charge in [0.05, 0.1) is 12.2 Å². The van der Waals surface area contributed by atoms with Crippen molar-refractivity contribution in [2.45, 2.75) is 57.8 Å². The van der Waals surface area contributed by atoms with E-state index in [1.54, 1.807) is 6.08 Å². The number of carbonyl (C=O) groups excluding carboxylic acids is 1. The van der Waals surface area contributed by atoms with E-state index in [0.717, 1.165) is 24.1 Å². The molecule has 32 heavy (non-hydrogen) atoms. The lowest BCUT2D eigenvalue weighted by Crippen LogP contribution is -2.34. The van der Waals surface area contributed by atoms with Crippen molar-refractivity contribution < 1.29 is 9.53 Å². The normalized spacial score (nSPS) is 15.9. The van der Waals surface area contributed by atoms with Crippen molar-refractivity contribution in [1.29, 1.82) is 0 Å². The zero-order valence-electron chi connectivity index (χ0n) is 19.6. The second kappa shape index (κ2) is 9.86. The van der Waals surface area contributed by atoms with E-state index in [9.17, 15) is 4.79 Å². The number of ether oxygens (including phenoxy) is 1. The monoisotopic (exact) mass is 450 g/mol. The molecule has 1 aliphatic carbocycles. The Kier molecular flexibility index (Phi) is 7.40. The fourth-order valence-corrected chi connectivity index (χ4v) is 4.36. The van der Waals surface area contributed by atoms with Crippen LogP contribution >= 0.6 is 12.2 Å². The Hall–Kier alpha value is -2.66. The van der Waals surface area contributed by atoms with Gasteiger partial charge in [-0.3, -0.25) is 0 Å². The zero-order chi connectivity index (χ0) is 23.4. The zero-order valence-corrected chi connectivity index (χ0v) is 20.4. The van der Waals surface area contributed by atoms with Crippen LogP contribution in [0.3, 0.4) is 0 Å². The second-order valence-electron chi connectivity index (χ2n) is 9.73. The molecule has 0 saturated heterocycles. The number of benzene rings is 2. The first-order valence-corrected chi connectivity index (χ1v) is 11.6. The Labute approximate surface area is 197 Å². The summed E-state index contributed by atoms with van der Waals surface area (Å²) in [6.45, 7) is 13.7. The summed E-state index contributed by atoms with van der Waals surface area (Å²) in [5, 5.41) is 6.71. The molecule has 4 nitrogen and oxygen atoms in total. The van der Waals surface area contributed by atoms with E-state index in [2.05, 4.69) is 51.0 Å². The standard InChI is InChI=1S/C27H34N2O2S/c1-6-16-28-25(32)29-21-10-7-19(8-11-21)13-17-31-24(30)20-9-12-22-23(18-20)27(4,5)15-14-26(22,2)3/h6-12,18H,1,13-17H2,2-5H3,(H2,28,29,32). The van der Waals surface area contributed by atoms with Crippen LogP contribution in [-0.2, 0) is 22.0 Å². The minimum Gasteiger partial charge on any atom is -0.462 e. The van der Waals surface area contributed by atoms with E-state index in [4.69, 9.17) is 17.0 Å². The van der Waals surface area contributed by atoms with E-state index in [1.165, 1.54) is 11.1 Å². The predicted octanol–water partition coefficient (Wildman–Crippen LogP) is 5.91. The van der Waals surface area contributed by atoms with Crippen molar-refractivity contribution in [2.24, 2.45) is 0 Å². The Morgan fingerprint density at radius 3 is 2.38 bits per heavy atom. The summed E-state index contributed by atoms with van der Waals surface area (Å²) in [5.41, 5.74) is 5.47. The molecule has 170 valence electrons. The van der Waals surface area contributed by atoms with Gasteiger partial charge in [0.1, 0.15) is 0 Å². The maximum Gasteiger partial charge on any atom is 0.338 e. The van der Waals surface area contributed by atoms with E-state index >= 15 is 0 Å². The Morgan fingerprint density at radius 1 is 1.06 bits per heavy atom. The molecule has 0 aliphatic heterocycles. The first-order chi connectivity index (χ1) is 15.1. The summed E-state index contributed by atoms with van der Waals surface area (Å²) in [5.74, 6) is -0.260. The van der Waals surface area contributed by atoms with Gasteiger partial charge in [-0.25, -0.2) is 4.79 Å². The average Bonchev–Trinajstić information content (AvgIpc) is 2.76. The Morgan fingerprint density at radius 2 is 1.72 bits per heavy atom. The maximum atomic E-state index is 12.7. The van der Waals surface area contributed by atoms with E-state index in [1.807, 2.05) is 36.4 Å². The summed E-state index contributed by atoms with van der Waals surface area (Å²) in [6, 6.07) is 14.0. The van der Waals surface area contributed by atoms with Crippen molar-refractivity contribution >= 4 is 29.0 Å². The van der Waals surface area contributed by atoms with Gasteiger partial charge < -0.3 is 15.4 Å². The van der Waals surface area contributed by atoms with Gasteiger partial charge in [-0.1, -0.05) is 52.0 Å². The number of carbonyl (C=O) groups is 1. The molecule has 0 amide bonds. The van der Waals surface area contributed by atoms with Crippen LogP contribution in [0, 0.1) is 0 Å². The van der Waals surface area contributed by atoms with Gasteiger partial charge in [0.25, 0.3) is 0 Å². The molecule has 0 radical (unpaired) electrons. The molecule has 2 N–H and O–H groups in total. The maximum absolute atomic E-state index is 12.7. The second-order valence-corrected chi connectivity index (χ2v) is 10.1. The SMILES string of the molecule is C=CCNC(=S)Nc1ccc(CCOC(=O)c2ccc3c(c2)C(C)(C)CCC3(C)C)cc1. The molecule has 0 unspecified atom stereocenters. The van der Waals surface area contributed by atoms with Crippen LogP contribution in [0.2, 0.25) is 0 Å². The molecular formula is C27H34N2O2S. The fourth-order valence-electron chi connectivity index (χ4n) is 4.16. The van der Waals surface area contributed by atoms with Crippen LogP contribution in [0.5, 0.6) is 0 Å². The first kappa shape index (κ1) is 24.0. The molecule has 0 heterocycles. The lowest BCUT2D eigenvalue weighted by Gasteiger charge is -2.41. The summed E-state index contributed by atoms with van der Waals surface area (Å²) in [6.07, 6.45) is 4.69. The Balaban J connectivity index is 1.56.